The predicted molar refractivity (Wildman–Crippen MR) is 157 cm³/mol. The molecule has 0 heterocycles. The van der Waals surface area contributed by atoms with Crippen LogP contribution < -0.4 is 9.62 Å². The van der Waals surface area contributed by atoms with E-state index in [2.05, 4.69) is 5.32 Å². The van der Waals surface area contributed by atoms with E-state index in [0.717, 1.165) is 30.5 Å². The first kappa shape index (κ1) is 32.9. The Balaban J connectivity index is 2.09. The minimum atomic E-state index is -4.80. The van der Waals surface area contributed by atoms with Crippen molar-refractivity contribution in [3.8, 4) is 0 Å². The second-order valence-electron chi connectivity index (χ2n) is 9.82. The number of carbonyl (C=O) groups is 2. The number of nitrogens with zero attached hydrogens (tertiary/aromatic N) is 2. The van der Waals surface area contributed by atoms with E-state index in [1.54, 1.807) is 18.2 Å². The van der Waals surface area contributed by atoms with Crippen LogP contribution in [-0.4, -0.2) is 44.3 Å². The smallest absolute Gasteiger partial charge is 0.354 e. The molecule has 12 heteroatoms. The van der Waals surface area contributed by atoms with Gasteiger partial charge in [0, 0.05) is 13.1 Å². The lowest BCUT2D eigenvalue weighted by Crippen LogP contribution is -2.51. The minimum Gasteiger partial charge on any atom is -0.354 e. The zero-order valence-corrected chi connectivity index (χ0v) is 25.1. The number of nitrogens with one attached hydrogen (secondary N) is 1. The van der Waals surface area contributed by atoms with Crippen molar-refractivity contribution in [2.45, 2.75) is 57.3 Å². The van der Waals surface area contributed by atoms with E-state index in [1.807, 2.05) is 26.0 Å². The van der Waals surface area contributed by atoms with Crippen LogP contribution >= 0.6 is 11.6 Å². The van der Waals surface area contributed by atoms with Crippen molar-refractivity contribution in [2.75, 3.05) is 17.4 Å². The van der Waals surface area contributed by atoms with Gasteiger partial charge in [0.05, 0.1) is 21.2 Å². The second-order valence-corrected chi connectivity index (χ2v) is 12.1. The molecule has 0 aromatic heterocycles. The molecule has 0 spiro atoms. The molecule has 0 aliphatic carbocycles. The third-order valence-electron chi connectivity index (χ3n) is 6.62. The van der Waals surface area contributed by atoms with E-state index >= 15 is 0 Å². The van der Waals surface area contributed by atoms with E-state index in [-0.39, 0.29) is 16.5 Å². The largest absolute Gasteiger partial charge is 0.416 e. The number of rotatable bonds is 12. The standard InChI is InChI=1S/C30H33ClF3N3O4S/c1-4-5-17-35-29(39)22(3)36(19-23-13-11-21(2)12-14-23)28(38)20-37(42(40,41)25-9-7-6-8-10-25)27-18-24(30(32,33)34)15-16-26(27)31/h6-16,18,22H,4-5,17,19-20H2,1-3H3,(H,35,39). The van der Waals surface area contributed by atoms with E-state index in [9.17, 15) is 31.2 Å². The highest BCUT2D eigenvalue weighted by Gasteiger charge is 2.36. The minimum absolute atomic E-state index is 0.0446. The SMILES string of the molecule is CCCCNC(=O)C(C)N(Cc1ccc(C)cc1)C(=O)CN(c1cc(C(F)(F)F)ccc1Cl)S(=O)(=O)c1ccccc1. The summed E-state index contributed by atoms with van der Waals surface area (Å²) in [5.41, 5.74) is -0.000138. The Morgan fingerprint density at radius 3 is 2.24 bits per heavy atom. The fourth-order valence-electron chi connectivity index (χ4n) is 4.12. The summed E-state index contributed by atoms with van der Waals surface area (Å²) in [6, 6.07) is 15.5. The lowest BCUT2D eigenvalue weighted by Gasteiger charge is -2.32. The van der Waals surface area contributed by atoms with E-state index in [0.29, 0.717) is 22.5 Å². The van der Waals surface area contributed by atoms with Crippen LogP contribution in [0.3, 0.4) is 0 Å². The maximum atomic E-state index is 13.9. The maximum absolute atomic E-state index is 13.9. The number of amides is 2. The Hall–Kier alpha value is -3.57. The molecular weight excluding hydrogens is 591 g/mol. The van der Waals surface area contributed by atoms with Gasteiger partial charge in [0.1, 0.15) is 12.6 Å². The van der Waals surface area contributed by atoms with Crippen LogP contribution in [0.4, 0.5) is 18.9 Å². The normalized spacial score (nSPS) is 12.5. The van der Waals surface area contributed by atoms with Crippen LogP contribution in [-0.2, 0) is 32.3 Å². The van der Waals surface area contributed by atoms with Gasteiger partial charge in [-0.25, -0.2) is 8.42 Å². The van der Waals surface area contributed by atoms with Crippen molar-refractivity contribution in [1.29, 1.82) is 0 Å². The number of carbonyl (C=O) groups excluding carboxylic acids is 2. The summed E-state index contributed by atoms with van der Waals surface area (Å²) >= 11 is 6.26. The fourth-order valence-corrected chi connectivity index (χ4v) is 5.84. The van der Waals surface area contributed by atoms with E-state index < -0.39 is 51.9 Å². The highest BCUT2D eigenvalue weighted by Crippen LogP contribution is 2.37. The molecule has 0 fully saturated rings. The monoisotopic (exact) mass is 623 g/mol. The molecule has 226 valence electrons. The van der Waals surface area contributed by atoms with Gasteiger partial charge in [0.2, 0.25) is 11.8 Å². The number of alkyl halides is 3. The maximum Gasteiger partial charge on any atom is 0.416 e. The molecule has 1 unspecified atom stereocenters. The van der Waals surface area contributed by atoms with Crippen LogP contribution in [0.15, 0.2) is 77.7 Å². The van der Waals surface area contributed by atoms with Crippen molar-refractivity contribution in [2.24, 2.45) is 0 Å². The molecule has 0 radical (unpaired) electrons. The molecule has 3 aromatic rings. The molecule has 0 aliphatic rings. The molecule has 0 bridgehead atoms. The first-order valence-corrected chi connectivity index (χ1v) is 15.1. The predicted octanol–water partition coefficient (Wildman–Crippen LogP) is 6.20. The lowest BCUT2D eigenvalue weighted by atomic mass is 10.1. The van der Waals surface area contributed by atoms with Gasteiger partial charge in [0.25, 0.3) is 10.0 Å². The molecule has 0 saturated carbocycles. The van der Waals surface area contributed by atoms with Gasteiger partial charge >= 0.3 is 6.18 Å². The first-order chi connectivity index (χ1) is 19.8. The van der Waals surface area contributed by atoms with Crippen LogP contribution in [0.5, 0.6) is 0 Å². The number of hydrogen-bond donors (Lipinski definition) is 1. The highest BCUT2D eigenvalue weighted by atomic mass is 35.5. The van der Waals surface area contributed by atoms with Gasteiger partial charge in [-0.1, -0.05) is 73.0 Å². The van der Waals surface area contributed by atoms with Crippen LogP contribution in [0, 0.1) is 6.92 Å². The molecule has 0 saturated heterocycles. The molecule has 42 heavy (non-hydrogen) atoms. The average molecular weight is 624 g/mol. The summed E-state index contributed by atoms with van der Waals surface area (Å²) in [6.45, 7) is 4.81. The van der Waals surface area contributed by atoms with Crippen LogP contribution in [0.2, 0.25) is 5.02 Å². The summed E-state index contributed by atoms with van der Waals surface area (Å²) in [6.07, 6.45) is -3.24. The Bertz CT molecular complexity index is 1480. The number of unbranched alkanes of at least 4 members (excludes halogenated alkanes) is 1. The summed E-state index contributed by atoms with van der Waals surface area (Å²) in [7, 11) is -4.58. The van der Waals surface area contributed by atoms with Crippen molar-refractivity contribution < 1.29 is 31.2 Å². The Labute approximate surface area is 249 Å². The van der Waals surface area contributed by atoms with Gasteiger partial charge in [0.15, 0.2) is 0 Å². The lowest BCUT2D eigenvalue weighted by molar-refractivity contribution is -0.139. The van der Waals surface area contributed by atoms with Gasteiger partial charge < -0.3 is 10.2 Å². The molecule has 7 nitrogen and oxygen atoms in total. The number of anilines is 1. The van der Waals surface area contributed by atoms with Gasteiger partial charge in [-0.05, 0) is 56.2 Å². The Kier molecular flexibility index (Phi) is 11.0. The number of sulfonamides is 1. The van der Waals surface area contributed by atoms with Gasteiger partial charge in [-0.2, -0.15) is 13.2 Å². The van der Waals surface area contributed by atoms with Crippen molar-refractivity contribution in [1.82, 2.24) is 10.2 Å². The zero-order chi connectivity index (χ0) is 31.1. The van der Waals surface area contributed by atoms with Crippen LogP contribution in [0.1, 0.15) is 43.4 Å². The van der Waals surface area contributed by atoms with Crippen molar-refractivity contribution in [3.63, 3.8) is 0 Å². The molecular formula is C30H33ClF3N3O4S. The Morgan fingerprint density at radius 2 is 1.64 bits per heavy atom. The molecule has 3 aromatic carbocycles. The Morgan fingerprint density at radius 1 is 1.00 bits per heavy atom. The van der Waals surface area contributed by atoms with E-state index in [4.69, 9.17) is 11.6 Å². The third kappa shape index (κ3) is 8.25. The summed E-state index contributed by atoms with van der Waals surface area (Å²) < 4.78 is 69.1. The summed E-state index contributed by atoms with van der Waals surface area (Å²) in [5, 5.41) is 2.48. The number of halogens is 4. The van der Waals surface area contributed by atoms with Crippen LogP contribution in [0.25, 0.3) is 0 Å². The van der Waals surface area contributed by atoms with Crippen molar-refractivity contribution >= 4 is 39.1 Å². The second kappa shape index (κ2) is 14.1. The molecule has 1 atom stereocenters. The van der Waals surface area contributed by atoms with E-state index in [1.165, 1.54) is 36.1 Å². The number of benzene rings is 3. The average Bonchev–Trinajstić information content (AvgIpc) is 2.95. The summed E-state index contributed by atoms with van der Waals surface area (Å²) in [5.74, 6) is -1.25. The molecule has 0 aliphatic heterocycles. The zero-order valence-electron chi connectivity index (χ0n) is 23.5. The topological polar surface area (TPSA) is 86.8 Å². The fraction of sp³-hybridized carbons (Fsp3) is 0.333. The van der Waals surface area contributed by atoms with Gasteiger partial charge in [-0.15, -0.1) is 0 Å². The molecule has 2 amide bonds. The number of hydrogen-bond acceptors (Lipinski definition) is 4. The summed E-state index contributed by atoms with van der Waals surface area (Å²) in [4.78, 5) is 27.9. The van der Waals surface area contributed by atoms with Gasteiger partial charge in [-0.3, -0.25) is 13.9 Å². The molecule has 1 N–H and O–H groups in total. The quantitative estimate of drug-likeness (QED) is 0.244. The highest BCUT2D eigenvalue weighted by molar-refractivity contribution is 7.92. The third-order valence-corrected chi connectivity index (χ3v) is 8.72. The first-order valence-electron chi connectivity index (χ1n) is 13.3. The number of aryl methyl sites for hydroxylation is 1. The molecule has 3 rings (SSSR count). The van der Waals surface area contributed by atoms with Crippen molar-refractivity contribution in [3.05, 3.63) is 94.5 Å².